The van der Waals surface area contributed by atoms with Gasteiger partial charge >= 0.3 is 0 Å². The van der Waals surface area contributed by atoms with E-state index in [1.807, 2.05) is 0 Å². The molecular formula is C16H32N2. The minimum Gasteiger partial charge on any atom is -0.389 e. The van der Waals surface area contributed by atoms with Gasteiger partial charge in [0.25, 0.3) is 0 Å². The first-order valence-electron chi connectivity index (χ1n) is 7.54. The summed E-state index contributed by atoms with van der Waals surface area (Å²) in [6.45, 7) is 14.7. The summed E-state index contributed by atoms with van der Waals surface area (Å²) >= 11 is 0. The molecule has 2 N–H and O–H groups in total. The van der Waals surface area contributed by atoms with E-state index in [9.17, 15) is 0 Å². The molecule has 0 unspecified atom stereocenters. The van der Waals surface area contributed by atoms with Crippen molar-refractivity contribution < 1.29 is 0 Å². The highest BCUT2D eigenvalue weighted by Crippen LogP contribution is 2.08. The Kier molecular flexibility index (Phi) is 11.9. The average Bonchev–Trinajstić information content (AvgIpc) is 2.35. The number of hydrogen-bond donors (Lipinski definition) is 2. The zero-order valence-corrected chi connectivity index (χ0v) is 12.5. The van der Waals surface area contributed by atoms with Crippen LogP contribution in [0.3, 0.4) is 0 Å². The van der Waals surface area contributed by atoms with Gasteiger partial charge in [0, 0.05) is 24.5 Å². The van der Waals surface area contributed by atoms with E-state index >= 15 is 0 Å². The summed E-state index contributed by atoms with van der Waals surface area (Å²) in [4.78, 5) is 0. The molecule has 2 nitrogen and oxygen atoms in total. The SMILES string of the molecule is C=C(CCCCC(=C)NCCCC)NCCCC. The van der Waals surface area contributed by atoms with Crippen LogP contribution in [0.1, 0.15) is 65.2 Å². The molecule has 0 bridgehead atoms. The third kappa shape index (κ3) is 11.6. The van der Waals surface area contributed by atoms with Crippen molar-refractivity contribution in [3.63, 3.8) is 0 Å². The Morgan fingerprint density at radius 2 is 1.11 bits per heavy atom. The molecule has 0 aliphatic rings. The van der Waals surface area contributed by atoms with Gasteiger partial charge in [0.15, 0.2) is 0 Å². The summed E-state index contributed by atoms with van der Waals surface area (Å²) in [5, 5.41) is 6.76. The van der Waals surface area contributed by atoms with E-state index in [4.69, 9.17) is 0 Å². The molecule has 0 aromatic rings. The van der Waals surface area contributed by atoms with Crippen LogP contribution >= 0.6 is 0 Å². The first kappa shape index (κ1) is 17.1. The lowest BCUT2D eigenvalue weighted by Gasteiger charge is -2.10. The van der Waals surface area contributed by atoms with Crippen molar-refractivity contribution in [1.29, 1.82) is 0 Å². The van der Waals surface area contributed by atoms with E-state index in [0.717, 1.165) is 25.9 Å². The fourth-order valence-corrected chi connectivity index (χ4v) is 1.74. The molecule has 0 heterocycles. The number of allylic oxidation sites excluding steroid dienone is 2. The molecule has 0 aromatic heterocycles. The third-order valence-corrected chi connectivity index (χ3v) is 3.02. The summed E-state index contributed by atoms with van der Waals surface area (Å²) in [6.07, 6.45) is 9.53. The van der Waals surface area contributed by atoms with Gasteiger partial charge in [-0.15, -0.1) is 0 Å². The van der Waals surface area contributed by atoms with E-state index < -0.39 is 0 Å². The Hall–Kier alpha value is -0.920. The standard InChI is InChI=1S/C16H32N2/c1-5-7-13-17-15(3)11-9-10-12-16(4)18-14-8-6-2/h17-18H,3-14H2,1-2H3. The molecule has 0 saturated heterocycles. The molecule has 0 saturated carbocycles. The lowest BCUT2D eigenvalue weighted by atomic mass is 10.1. The molecule has 0 amide bonds. The number of rotatable bonds is 13. The zero-order chi connectivity index (χ0) is 13.6. The Balaban J connectivity index is 3.32. The quantitative estimate of drug-likeness (QED) is 0.476. The zero-order valence-electron chi connectivity index (χ0n) is 12.5. The predicted molar refractivity (Wildman–Crippen MR) is 82.6 cm³/mol. The van der Waals surface area contributed by atoms with Crippen molar-refractivity contribution >= 4 is 0 Å². The van der Waals surface area contributed by atoms with Gasteiger partial charge in [-0.3, -0.25) is 0 Å². The molecule has 106 valence electrons. The van der Waals surface area contributed by atoms with E-state index in [1.54, 1.807) is 0 Å². The first-order chi connectivity index (χ1) is 8.70. The van der Waals surface area contributed by atoms with Crippen LogP contribution in [0.2, 0.25) is 0 Å². The number of hydrogen-bond acceptors (Lipinski definition) is 2. The van der Waals surface area contributed by atoms with Gasteiger partial charge in [0.05, 0.1) is 0 Å². The van der Waals surface area contributed by atoms with Crippen LogP contribution < -0.4 is 10.6 Å². The topological polar surface area (TPSA) is 24.1 Å². The summed E-state index contributed by atoms with van der Waals surface area (Å²) in [7, 11) is 0. The maximum absolute atomic E-state index is 4.05. The van der Waals surface area contributed by atoms with Crippen molar-refractivity contribution in [2.75, 3.05) is 13.1 Å². The summed E-state index contributed by atoms with van der Waals surface area (Å²) in [5.41, 5.74) is 2.38. The first-order valence-corrected chi connectivity index (χ1v) is 7.54. The van der Waals surface area contributed by atoms with Crippen molar-refractivity contribution in [1.82, 2.24) is 10.6 Å². The van der Waals surface area contributed by atoms with E-state index in [-0.39, 0.29) is 0 Å². The summed E-state index contributed by atoms with van der Waals surface area (Å²) in [5.74, 6) is 0. The highest BCUT2D eigenvalue weighted by molar-refractivity contribution is 4.93. The second kappa shape index (κ2) is 12.5. The fourth-order valence-electron chi connectivity index (χ4n) is 1.74. The minimum atomic E-state index is 1.07. The molecular weight excluding hydrogens is 220 g/mol. The smallest absolute Gasteiger partial charge is 0.0143 e. The fraction of sp³-hybridized carbons (Fsp3) is 0.750. The Morgan fingerprint density at radius 1 is 0.722 bits per heavy atom. The number of nitrogens with one attached hydrogen (secondary N) is 2. The van der Waals surface area contributed by atoms with Crippen LogP contribution in [-0.2, 0) is 0 Å². The maximum Gasteiger partial charge on any atom is 0.0143 e. The molecule has 0 rings (SSSR count). The molecule has 0 radical (unpaired) electrons. The maximum atomic E-state index is 4.05. The lowest BCUT2D eigenvalue weighted by Crippen LogP contribution is -2.14. The molecule has 0 aliphatic carbocycles. The number of unbranched alkanes of at least 4 members (excludes halogenated alkanes) is 3. The minimum absolute atomic E-state index is 1.07. The highest BCUT2D eigenvalue weighted by Gasteiger charge is 1.96. The molecule has 0 atom stereocenters. The van der Waals surface area contributed by atoms with Gasteiger partial charge in [-0.2, -0.15) is 0 Å². The van der Waals surface area contributed by atoms with Crippen molar-refractivity contribution in [3.8, 4) is 0 Å². The van der Waals surface area contributed by atoms with Crippen LogP contribution in [0.4, 0.5) is 0 Å². The van der Waals surface area contributed by atoms with Gasteiger partial charge in [-0.1, -0.05) is 39.8 Å². The second-order valence-electron chi connectivity index (χ2n) is 4.97. The van der Waals surface area contributed by atoms with Gasteiger partial charge < -0.3 is 10.6 Å². The predicted octanol–water partition coefficient (Wildman–Crippen LogP) is 4.35. The van der Waals surface area contributed by atoms with Crippen molar-refractivity contribution in [3.05, 3.63) is 24.6 Å². The molecule has 0 fully saturated rings. The lowest BCUT2D eigenvalue weighted by molar-refractivity contribution is 0.628. The van der Waals surface area contributed by atoms with Crippen LogP contribution in [0.25, 0.3) is 0 Å². The molecule has 18 heavy (non-hydrogen) atoms. The van der Waals surface area contributed by atoms with Gasteiger partial charge in [-0.25, -0.2) is 0 Å². The molecule has 0 spiro atoms. The van der Waals surface area contributed by atoms with Crippen molar-refractivity contribution in [2.45, 2.75) is 65.2 Å². The van der Waals surface area contributed by atoms with Gasteiger partial charge in [0.2, 0.25) is 0 Å². The Morgan fingerprint density at radius 3 is 1.44 bits per heavy atom. The van der Waals surface area contributed by atoms with Crippen LogP contribution in [0.5, 0.6) is 0 Å². The van der Waals surface area contributed by atoms with Crippen LogP contribution in [-0.4, -0.2) is 13.1 Å². The van der Waals surface area contributed by atoms with E-state index in [2.05, 4.69) is 37.6 Å². The largest absolute Gasteiger partial charge is 0.389 e. The molecule has 2 heteroatoms. The molecule has 0 aliphatic heterocycles. The summed E-state index contributed by atoms with van der Waals surface area (Å²) in [6, 6.07) is 0. The monoisotopic (exact) mass is 252 g/mol. The highest BCUT2D eigenvalue weighted by atomic mass is 14.9. The third-order valence-electron chi connectivity index (χ3n) is 3.02. The van der Waals surface area contributed by atoms with E-state index in [0.29, 0.717) is 0 Å². The second-order valence-corrected chi connectivity index (χ2v) is 4.97. The Bertz CT molecular complexity index is 197. The van der Waals surface area contributed by atoms with Crippen LogP contribution in [0, 0.1) is 0 Å². The normalized spacial score (nSPS) is 10.1. The van der Waals surface area contributed by atoms with E-state index in [1.165, 1.54) is 49.9 Å². The summed E-state index contributed by atoms with van der Waals surface area (Å²) < 4.78 is 0. The van der Waals surface area contributed by atoms with Gasteiger partial charge in [0.1, 0.15) is 0 Å². The average molecular weight is 252 g/mol. The van der Waals surface area contributed by atoms with Crippen LogP contribution in [0.15, 0.2) is 24.6 Å². The van der Waals surface area contributed by atoms with Gasteiger partial charge in [-0.05, 0) is 38.5 Å². The van der Waals surface area contributed by atoms with Crippen molar-refractivity contribution in [2.24, 2.45) is 0 Å². The molecule has 0 aromatic carbocycles. The Labute approximate surface area is 114 Å².